The predicted octanol–water partition coefficient (Wildman–Crippen LogP) is 12.6. The van der Waals surface area contributed by atoms with E-state index in [-0.39, 0.29) is 22.8 Å². The first-order valence-electron chi connectivity index (χ1n) is 16.6. The molecule has 0 bridgehead atoms. The van der Waals surface area contributed by atoms with Gasteiger partial charge in [-0.2, -0.15) is 4.39 Å². The van der Waals surface area contributed by atoms with Crippen molar-refractivity contribution in [1.29, 1.82) is 0 Å². The number of benzene rings is 3. The van der Waals surface area contributed by atoms with Crippen molar-refractivity contribution >= 4 is 0 Å². The smallest absolute Gasteiger partial charge is 0.201 e. The summed E-state index contributed by atoms with van der Waals surface area (Å²) in [6, 6.07) is 12.8. The zero-order valence-electron chi connectivity index (χ0n) is 26.0. The first-order chi connectivity index (χ1) is 20.9. The molecule has 0 aromatic heterocycles. The molecule has 0 atom stereocenters. The van der Waals surface area contributed by atoms with Gasteiger partial charge in [0.1, 0.15) is 0 Å². The van der Waals surface area contributed by atoms with E-state index in [2.05, 4.69) is 13.8 Å². The second-order valence-corrected chi connectivity index (χ2v) is 12.3. The van der Waals surface area contributed by atoms with Gasteiger partial charge in [0.05, 0.1) is 6.61 Å². The molecule has 3 aromatic rings. The van der Waals surface area contributed by atoms with Crippen LogP contribution in [-0.2, 0) is 0 Å². The molecule has 1 nitrogen and oxygen atoms in total. The lowest BCUT2D eigenvalue weighted by molar-refractivity contribution is 0.285. The van der Waals surface area contributed by atoms with Crippen LogP contribution in [-0.4, -0.2) is 6.61 Å². The average Bonchev–Trinajstić information content (AvgIpc) is 3.02. The van der Waals surface area contributed by atoms with Crippen molar-refractivity contribution in [1.82, 2.24) is 0 Å². The van der Waals surface area contributed by atoms with E-state index in [0.717, 1.165) is 44.9 Å². The monoisotopic (exact) mass is 596 g/mol. The van der Waals surface area contributed by atoms with Crippen LogP contribution in [0.4, 0.5) is 17.6 Å². The summed E-state index contributed by atoms with van der Waals surface area (Å²) in [6.45, 7) is 4.74. The van der Waals surface area contributed by atoms with Gasteiger partial charge in [-0.3, -0.25) is 0 Å². The van der Waals surface area contributed by atoms with Crippen LogP contribution < -0.4 is 4.74 Å². The van der Waals surface area contributed by atoms with Crippen LogP contribution in [0.1, 0.15) is 122 Å². The van der Waals surface area contributed by atoms with Crippen molar-refractivity contribution in [3.05, 3.63) is 77.4 Å². The Kier molecular flexibility index (Phi) is 13.0. The lowest BCUT2D eigenvalue weighted by Crippen LogP contribution is -2.15. The second kappa shape index (κ2) is 16.9. The highest BCUT2D eigenvalue weighted by Crippen LogP contribution is 2.40. The van der Waals surface area contributed by atoms with Crippen molar-refractivity contribution in [3.8, 4) is 28.0 Å². The van der Waals surface area contributed by atoms with Gasteiger partial charge in [0, 0.05) is 11.1 Å². The maximum atomic E-state index is 15.3. The molecule has 43 heavy (non-hydrogen) atoms. The van der Waals surface area contributed by atoms with Gasteiger partial charge in [-0.1, -0.05) is 114 Å². The van der Waals surface area contributed by atoms with Crippen LogP contribution in [0.2, 0.25) is 0 Å². The quantitative estimate of drug-likeness (QED) is 0.118. The van der Waals surface area contributed by atoms with E-state index < -0.39 is 23.3 Å². The number of unbranched alkanes of at least 4 members (excludes halogenated alkanes) is 8. The van der Waals surface area contributed by atoms with Crippen molar-refractivity contribution < 1.29 is 22.3 Å². The number of hydrogen-bond acceptors (Lipinski definition) is 1. The fourth-order valence-electron chi connectivity index (χ4n) is 6.48. The van der Waals surface area contributed by atoms with Crippen molar-refractivity contribution in [2.45, 2.75) is 116 Å². The van der Waals surface area contributed by atoms with E-state index in [9.17, 15) is 8.78 Å². The summed E-state index contributed by atoms with van der Waals surface area (Å²) in [4.78, 5) is 0. The van der Waals surface area contributed by atoms with Crippen LogP contribution in [0.3, 0.4) is 0 Å². The molecular formula is C38H48F4O. The Morgan fingerprint density at radius 3 is 1.72 bits per heavy atom. The zero-order chi connectivity index (χ0) is 30.6. The normalized spacial score (nSPS) is 16.9. The largest absolute Gasteiger partial charge is 0.490 e. The molecule has 1 aliphatic rings. The standard InChI is InChI=1S/C38H48F4O/c1-3-5-7-8-9-10-12-26-43-34-25-24-33(37(41)38(34)42)30-20-18-29(19-21-30)32-23-22-31(35(39)36(32)40)28-16-14-27(15-17-28)13-11-6-4-2/h18-25,27-28H,3-17,26H2,1-2H3. The highest BCUT2D eigenvalue weighted by atomic mass is 19.2. The molecule has 0 amide bonds. The van der Waals surface area contributed by atoms with Gasteiger partial charge >= 0.3 is 0 Å². The van der Waals surface area contributed by atoms with E-state index in [1.165, 1.54) is 63.5 Å². The molecule has 1 fully saturated rings. The molecule has 4 rings (SSSR count). The Bertz CT molecular complexity index is 1280. The summed E-state index contributed by atoms with van der Waals surface area (Å²) in [5, 5.41) is 0. The maximum Gasteiger partial charge on any atom is 0.201 e. The van der Waals surface area contributed by atoms with Crippen molar-refractivity contribution in [2.24, 2.45) is 5.92 Å². The van der Waals surface area contributed by atoms with E-state index >= 15 is 8.78 Å². The third-order valence-corrected chi connectivity index (χ3v) is 9.17. The van der Waals surface area contributed by atoms with E-state index in [0.29, 0.717) is 29.2 Å². The fourth-order valence-corrected chi connectivity index (χ4v) is 6.48. The molecule has 0 radical (unpaired) electrons. The molecule has 0 unspecified atom stereocenters. The highest BCUT2D eigenvalue weighted by Gasteiger charge is 2.26. The summed E-state index contributed by atoms with van der Waals surface area (Å²) in [5.41, 5.74) is 1.67. The molecule has 0 saturated heterocycles. The average molecular weight is 597 g/mol. The van der Waals surface area contributed by atoms with Gasteiger partial charge in [0.15, 0.2) is 23.2 Å². The van der Waals surface area contributed by atoms with Gasteiger partial charge in [0.2, 0.25) is 5.82 Å². The third-order valence-electron chi connectivity index (χ3n) is 9.17. The maximum absolute atomic E-state index is 15.3. The van der Waals surface area contributed by atoms with Crippen LogP contribution in [0, 0.1) is 29.2 Å². The Labute approximate surface area is 256 Å². The molecule has 0 heterocycles. The van der Waals surface area contributed by atoms with Gasteiger partial charge in [-0.25, -0.2) is 13.2 Å². The molecule has 234 valence electrons. The molecule has 1 aliphatic carbocycles. The number of rotatable bonds is 16. The summed E-state index contributed by atoms with van der Waals surface area (Å²) < 4.78 is 65.9. The first kappa shape index (κ1) is 33.1. The predicted molar refractivity (Wildman–Crippen MR) is 169 cm³/mol. The Morgan fingerprint density at radius 1 is 0.558 bits per heavy atom. The second-order valence-electron chi connectivity index (χ2n) is 12.3. The molecule has 1 saturated carbocycles. The molecule has 0 aliphatic heterocycles. The zero-order valence-corrected chi connectivity index (χ0v) is 26.0. The van der Waals surface area contributed by atoms with E-state index in [4.69, 9.17) is 4.74 Å². The molecule has 0 spiro atoms. The van der Waals surface area contributed by atoms with Crippen LogP contribution >= 0.6 is 0 Å². The summed E-state index contributed by atoms with van der Waals surface area (Å²) in [6.07, 6.45) is 16.7. The van der Waals surface area contributed by atoms with Crippen molar-refractivity contribution in [3.63, 3.8) is 0 Å². The Balaban J connectivity index is 1.36. The summed E-state index contributed by atoms with van der Waals surface area (Å²) in [7, 11) is 0. The minimum Gasteiger partial charge on any atom is -0.490 e. The number of halogens is 4. The summed E-state index contributed by atoms with van der Waals surface area (Å²) >= 11 is 0. The first-order valence-corrected chi connectivity index (χ1v) is 16.6. The lowest BCUT2D eigenvalue weighted by Gasteiger charge is -2.29. The van der Waals surface area contributed by atoms with Gasteiger partial charge in [-0.05, 0) is 72.8 Å². The summed E-state index contributed by atoms with van der Waals surface area (Å²) in [5.74, 6) is -2.95. The SMILES string of the molecule is CCCCCCCCCOc1ccc(-c2ccc(-c3ccc(C4CCC(CCCCC)CC4)c(F)c3F)cc2)c(F)c1F. The lowest BCUT2D eigenvalue weighted by atomic mass is 9.76. The topological polar surface area (TPSA) is 9.23 Å². The fraction of sp³-hybridized carbons (Fsp3) is 0.526. The minimum atomic E-state index is -1.01. The highest BCUT2D eigenvalue weighted by molar-refractivity contribution is 5.72. The van der Waals surface area contributed by atoms with Gasteiger partial charge < -0.3 is 4.74 Å². The Morgan fingerprint density at radius 2 is 1.09 bits per heavy atom. The third kappa shape index (κ3) is 8.86. The van der Waals surface area contributed by atoms with Crippen LogP contribution in [0.5, 0.6) is 5.75 Å². The number of hydrogen-bond donors (Lipinski definition) is 0. The minimum absolute atomic E-state index is 0.0497. The van der Waals surface area contributed by atoms with Crippen LogP contribution in [0.15, 0.2) is 48.5 Å². The molecule has 3 aromatic carbocycles. The van der Waals surface area contributed by atoms with Gasteiger partial charge in [-0.15, -0.1) is 0 Å². The van der Waals surface area contributed by atoms with Crippen LogP contribution in [0.25, 0.3) is 22.3 Å². The van der Waals surface area contributed by atoms with E-state index in [1.807, 2.05) is 0 Å². The molecule has 5 heteroatoms. The van der Waals surface area contributed by atoms with Gasteiger partial charge in [0.25, 0.3) is 0 Å². The number of ether oxygens (including phenoxy) is 1. The van der Waals surface area contributed by atoms with Crippen molar-refractivity contribution in [2.75, 3.05) is 6.61 Å². The van der Waals surface area contributed by atoms with E-state index in [1.54, 1.807) is 36.4 Å². The Hall–Kier alpha value is -2.82. The molecular weight excluding hydrogens is 548 g/mol. The molecule has 0 N–H and O–H groups in total.